The Balaban J connectivity index is 1.33. The van der Waals surface area contributed by atoms with E-state index >= 15 is 0 Å². The second kappa shape index (κ2) is 10.4. The van der Waals surface area contributed by atoms with Gasteiger partial charge in [-0.25, -0.2) is 0 Å². The van der Waals surface area contributed by atoms with Crippen LogP contribution in [0.5, 0.6) is 0 Å². The highest BCUT2D eigenvalue weighted by molar-refractivity contribution is 5.96. The second-order valence-electron chi connectivity index (χ2n) is 7.22. The molecule has 1 aliphatic heterocycles. The van der Waals surface area contributed by atoms with E-state index in [0.717, 1.165) is 19.3 Å². The van der Waals surface area contributed by atoms with E-state index in [-0.39, 0.29) is 25.0 Å². The number of esters is 1. The van der Waals surface area contributed by atoms with E-state index in [1.54, 1.807) is 35.2 Å². The van der Waals surface area contributed by atoms with Gasteiger partial charge in [0.25, 0.3) is 11.8 Å². The summed E-state index contributed by atoms with van der Waals surface area (Å²) in [6.45, 7) is 0.806. The Morgan fingerprint density at radius 1 is 0.931 bits per heavy atom. The van der Waals surface area contributed by atoms with E-state index in [4.69, 9.17) is 4.74 Å². The Bertz CT molecular complexity index is 815. The van der Waals surface area contributed by atoms with Crippen LogP contribution in [0.4, 0.5) is 0 Å². The van der Waals surface area contributed by atoms with E-state index in [1.165, 1.54) is 5.56 Å². The van der Waals surface area contributed by atoms with Crippen LogP contribution in [0.2, 0.25) is 0 Å². The van der Waals surface area contributed by atoms with Crippen molar-refractivity contribution in [2.45, 2.75) is 19.3 Å². The zero-order valence-corrected chi connectivity index (χ0v) is 16.4. The molecule has 29 heavy (non-hydrogen) atoms. The highest BCUT2D eigenvalue weighted by atomic mass is 16.5. The third-order valence-corrected chi connectivity index (χ3v) is 5.12. The van der Waals surface area contributed by atoms with Gasteiger partial charge in [-0.1, -0.05) is 48.5 Å². The quantitative estimate of drug-likeness (QED) is 0.732. The van der Waals surface area contributed by atoms with Gasteiger partial charge in [0.15, 0.2) is 6.61 Å². The largest absolute Gasteiger partial charge is 0.454 e. The molecule has 0 spiro atoms. The fraction of sp³-hybridized carbons (Fsp3) is 0.348. The van der Waals surface area contributed by atoms with Gasteiger partial charge in [-0.05, 0) is 42.9 Å². The number of nitrogens with one attached hydrogen (secondary N) is 1. The fourth-order valence-corrected chi connectivity index (χ4v) is 3.46. The molecule has 0 radical (unpaired) electrons. The van der Waals surface area contributed by atoms with Crippen LogP contribution in [0, 0.1) is 5.92 Å². The zero-order valence-electron chi connectivity index (χ0n) is 16.4. The van der Waals surface area contributed by atoms with E-state index in [1.807, 2.05) is 18.2 Å². The molecule has 0 atom stereocenters. The standard InChI is InChI=1S/C23H26N2O4/c26-21(17-29-22(27)16-24-23(28)20-9-5-2-6-10-20)25-13-11-19(12-14-25)15-18-7-3-1-4-8-18/h1-10,19H,11-17H2,(H,24,28). The first-order chi connectivity index (χ1) is 14.1. The zero-order chi connectivity index (χ0) is 20.5. The molecular formula is C23H26N2O4. The summed E-state index contributed by atoms with van der Waals surface area (Å²) in [5.74, 6) is -0.598. The van der Waals surface area contributed by atoms with Gasteiger partial charge in [-0.2, -0.15) is 0 Å². The highest BCUT2D eigenvalue weighted by Crippen LogP contribution is 2.21. The fourth-order valence-electron chi connectivity index (χ4n) is 3.46. The minimum atomic E-state index is -0.624. The van der Waals surface area contributed by atoms with Crippen molar-refractivity contribution in [1.29, 1.82) is 0 Å². The lowest BCUT2D eigenvalue weighted by atomic mass is 9.90. The first kappa shape index (κ1) is 20.6. The summed E-state index contributed by atoms with van der Waals surface area (Å²) >= 11 is 0. The summed E-state index contributed by atoms with van der Waals surface area (Å²) in [7, 11) is 0. The Morgan fingerprint density at radius 2 is 1.55 bits per heavy atom. The molecule has 2 aromatic rings. The van der Waals surface area contributed by atoms with E-state index in [9.17, 15) is 14.4 Å². The maximum atomic E-state index is 12.3. The molecule has 3 rings (SSSR count). The number of hydrogen-bond donors (Lipinski definition) is 1. The van der Waals surface area contributed by atoms with Crippen molar-refractivity contribution in [2.24, 2.45) is 5.92 Å². The van der Waals surface area contributed by atoms with Crippen molar-refractivity contribution in [1.82, 2.24) is 10.2 Å². The molecule has 152 valence electrons. The molecule has 0 aromatic heterocycles. The number of rotatable bonds is 7. The number of likely N-dealkylation sites (tertiary alicyclic amines) is 1. The van der Waals surface area contributed by atoms with Gasteiger partial charge in [-0.3, -0.25) is 14.4 Å². The number of nitrogens with zero attached hydrogens (tertiary/aromatic N) is 1. The Labute approximate surface area is 170 Å². The summed E-state index contributed by atoms with van der Waals surface area (Å²) in [6.07, 6.45) is 2.92. The first-order valence-electron chi connectivity index (χ1n) is 9.92. The average molecular weight is 394 g/mol. The van der Waals surface area contributed by atoms with Gasteiger partial charge in [0, 0.05) is 18.7 Å². The molecule has 1 heterocycles. The maximum absolute atomic E-state index is 12.3. The van der Waals surface area contributed by atoms with Crippen molar-refractivity contribution in [3.8, 4) is 0 Å². The van der Waals surface area contributed by atoms with Gasteiger partial charge in [-0.15, -0.1) is 0 Å². The van der Waals surface area contributed by atoms with E-state index in [0.29, 0.717) is 24.6 Å². The Kier molecular flexibility index (Phi) is 7.39. The number of ether oxygens (including phenoxy) is 1. The van der Waals surface area contributed by atoms with Crippen molar-refractivity contribution < 1.29 is 19.1 Å². The summed E-state index contributed by atoms with van der Waals surface area (Å²) < 4.78 is 5.02. The summed E-state index contributed by atoms with van der Waals surface area (Å²) in [5, 5.41) is 2.49. The average Bonchev–Trinajstić information content (AvgIpc) is 2.77. The van der Waals surface area contributed by atoms with Crippen molar-refractivity contribution in [2.75, 3.05) is 26.2 Å². The molecule has 0 bridgehead atoms. The Morgan fingerprint density at radius 3 is 2.21 bits per heavy atom. The lowest BCUT2D eigenvalue weighted by Crippen LogP contribution is -2.41. The SMILES string of the molecule is O=C(CNC(=O)c1ccccc1)OCC(=O)N1CCC(Cc2ccccc2)CC1. The monoisotopic (exact) mass is 394 g/mol. The molecule has 2 aromatic carbocycles. The van der Waals surface area contributed by atoms with E-state index < -0.39 is 5.97 Å². The topological polar surface area (TPSA) is 75.7 Å². The number of hydrogen-bond acceptors (Lipinski definition) is 4. The molecule has 0 unspecified atom stereocenters. The van der Waals surface area contributed by atoms with Crippen LogP contribution in [-0.2, 0) is 20.7 Å². The van der Waals surface area contributed by atoms with E-state index in [2.05, 4.69) is 17.4 Å². The lowest BCUT2D eigenvalue weighted by molar-refractivity contribution is -0.151. The number of carbonyl (C=O) groups is 3. The Hall–Kier alpha value is -3.15. The van der Waals surface area contributed by atoms with Crippen molar-refractivity contribution >= 4 is 17.8 Å². The van der Waals surface area contributed by atoms with Gasteiger partial charge >= 0.3 is 5.97 Å². The summed E-state index contributed by atoms with van der Waals surface area (Å²) in [4.78, 5) is 37.8. The molecule has 1 N–H and O–H groups in total. The number of benzene rings is 2. The van der Waals surface area contributed by atoms with Gasteiger partial charge in [0.1, 0.15) is 6.54 Å². The third-order valence-electron chi connectivity index (χ3n) is 5.12. The predicted molar refractivity (Wildman–Crippen MR) is 109 cm³/mol. The van der Waals surface area contributed by atoms with Crippen LogP contribution in [0.15, 0.2) is 60.7 Å². The van der Waals surface area contributed by atoms with Crippen LogP contribution < -0.4 is 5.32 Å². The number of carbonyl (C=O) groups excluding carboxylic acids is 3. The van der Waals surface area contributed by atoms with Crippen LogP contribution in [-0.4, -0.2) is 48.9 Å². The molecule has 2 amide bonds. The summed E-state index contributed by atoms with van der Waals surface area (Å²) in [5.41, 5.74) is 1.79. The molecule has 1 saturated heterocycles. The van der Waals surface area contributed by atoms with Crippen LogP contribution in [0.3, 0.4) is 0 Å². The molecule has 0 saturated carbocycles. The lowest BCUT2D eigenvalue weighted by Gasteiger charge is -2.32. The molecule has 1 fully saturated rings. The maximum Gasteiger partial charge on any atom is 0.325 e. The second-order valence-corrected chi connectivity index (χ2v) is 7.22. The third kappa shape index (κ3) is 6.45. The number of amides is 2. The van der Waals surface area contributed by atoms with Gasteiger partial charge in [0.05, 0.1) is 0 Å². The molecular weight excluding hydrogens is 368 g/mol. The van der Waals surface area contributed by atoms with Crippen molar-refractivity contribution in [3.05, 3.63) is 71.8 Å². The molecule has 0 aliphatic carbocycles. The predicted octanol–water partition coefficient (Wildman–Crippen LogP) is 2.44. The number of piperidine rings is 1. The summed E-state index contributed by atoms with van der Waals surface area (Å²) in [6, 6.07) is 19.0. The normalized spacial score (nSPS) is 14.3. The first-order valence-corrected chi connectivity index (χ1v) is 9.92. The van der Waals surface area contributed by atoms with Crippen LogP contribution in [0.25, 0.3) is 0 Å². The van der Waals surface area contributed by atoms with Crippen LogP contribution >= 0.6 is 0 Å². The highest BCUT2D eigenvalue weighted by Gasteiger charge is 2.23. The molecule has 6 nitrogen and oxygen atoms in total. The van der Waals surface area contributed by atoms with Crippen LogP contribution in [0.1, 0.15) is 28.8 Å². The van der Waals surface area contributed by atoms with Gasteiger partial charge < -0.3 is 15.0 Å². The van der Waals surface area contributed by atoms with Crippen molar-refractivity contribution in [3.63, 3.8) is 0 Å². The minimum absolute atomic E-state index is 0.189. The molecule has 6 heteroatoms. The minimum Gasteiger partial charge on any atom is -0.454 e. The smallest absolute Gasteiger partial charge is 0.325 e. The van der Waals surface area contributed by atoms with Gasteiger partial charge in [0.2, 0.25) is 0 Å². The molecule has 1 aliphatic rings.